The highest BCUT2D eigenvalue weighted by molar-refractivity contribution is 5.89. The van der Waals surface area contributed by atoms with Gasteiger partial charge in [-0.15, -0.1) is 24.8 Å². The lowest BCUT2D eigenvalue weighted by molar-refractivity contribution is -0.123. The molecule has 1 fully saturated rings. The van der Waals surface area contributed by atoms with Crippen LogP contribution in [0, 0.1) is 0 Å². The first-order valence-electron chi connectivity index (χ1n) is 7.22. The van der Waals surface area contributed by atoms with Crippen molar-refractivity contribution >= 4 is 30.7 Å². The predicted molar refractivity (Wildman–Crippen MR) is 95.7 cm³/mol. The fourth-order valence-corrected chi connectivity index (χ4v) is 2.30. The molecular formula is C16H27Cl2N3O. The van der Waals surface area contributed by atoms with Gasteiger partial charge in [-0.2, -0.15) is 0 Å². The number of amides is 1. The lowest BCUT2D eigenvalue weighted by Gasteiger charge is -2.31. The van der Waals surface area contributed by atoms with E-state index in [4.69, 9.17) is 5.73 Å². The molecule has 4 N–H and O–H groups in total. The molecule has 0 spiro atoms. The van der Waals surface area contributed by atoms with Crippen LogP contribution < -0.4 is 16.4 Å². The zero-order valence-corrected chi connectivity index (χ0v) is 15.0. The number of rotatable bonds is 6. The van der Waals surface area contributed by atoms with E-state index in [2.05, 4.69) is 43.5 Å². The van der Waals surface area contributed by atoms with Crippen molar-refractivity contribution in [3.8, 4) is 0 Å². The Balaban J connectivity index is 0.00000220. The van der Waals surface area contributed by atoms with Crippen molar-refractivity contribution in [1.29, 1.82) is 0 Å². The van der Waals surface area contributed by atoms with Gasteiger partial charge in [-0.1, -0.05) is 30.3 Å². The van der Waals surface area contributed by atoms with E-state index >= 15 is 0 Å². The summed E-state index contributed by atoms with van der Waals surface area (Å²) < 4.78 is 0. The molecule has 2 rings (SSSR count). The number of carbonyl (C=O) groups excluding carboxylic acids is 1. The van der Waals surface area contributed by atoms with Gasteiger partial charge in [0.1, 0.15) is 0 Å². The summed E-state index contributed by atoms with van der Waals surface area (Å²) in [4.78, 5) is 11.9. The Labute approximate surface area is 145 Å². The van der Waals surface area contributed by atoms with Crippen LogP contribution in [-0.2, 0) is 4.79 Å². The van der Waals surface area contributed by atoms with Gasteiger partial charge in [0.2, 0.25) is 5.91 Å². The Hall–Kier alpha value is -0.810. The Morgan fingerprint density at radius 3 is 2.32 bits per heavy atom. The second kappa shape index (κ2) is 8.16. The summed E-state index contributed by atoms with van der Waals surface area (Å²) in [6.45, 7) is 6.87. The van der Waals surface area contributed by atoms with Crippen LogP contribution in [0.3, 0.4) is 0 Å². The van der Waals surface area contributed by atoms with E-state index < -0.39 is 5.54 Å². The van der Waals surface area contributed by atoms with E-state index in [1.807, 2.05) is 18.2 Å². The minimum Gasteiger partial charge on any atom is -0.353 e. The second-order valence-electron chi connectivity index (χ2n) is 6.50. The SMILES string of the molecule is CC(NC(C)(C)CNC(=O)C1(N)CC1)c1ccccc1.Cl.Cl. The number of nitrogens with one attached hydrogen (secondary N) is 2. The van der Waals surface area contributed by atoms with Crippen molar-refractivity contribution in [2.45, 2.75) is 50.7 Å². The highest BCUT2D eigenvalue weighted by Crippen LogP contribution is 2.32. The van der Waals surface area contributed by atoms with Crippen LogP contribution in [0.15, 0.2) is 30.3 Å². The topological polar surface area (TPSA) is 67.1 Å². The molecule has 1 aromatic rings. The first-order chi connectivity index (χ1) is 9.32. The Kier molecular flexibility index (Phi) is 7.86. The van der Waals surface area contributed by atoms with Crippen molar-refractivity contribution in [1.82, 2.24) is 10.6 Å². The maximum atomic E-state index is 11.9. The van der Waals surface area contributed by atoms with Crippen LogP contribution in [0.5, 0.6) is 0 Å². The molecule has 4 nitrogen and oxygen atoms in total. The fourth-order valence-electron chi connectivity index (χ4n) is 2.30. The lowest BCUT2D eigenvalue weighted by atomic mass is 10.0. The summed E-state index contributed by atoms with van der Waals surface area (Å²) in [5, 5.41) is 6.50. The number of carbonyl (C=O) groups is 1. The maximum absolute atomic E-state index is 11.9. The molecule has 0 saturated heterocycles. The molecule has 1 aliphatic rings. The average Bonchev–Trinajstić information content (AvgIpc) is 3.16. The minimum absolute atomic E-state index is 0. The molecule has 0 aromatic heterocycles. The average molecular weight is 348 g/mol. The standard InChI is InChI=1S/C16H25N3O.2ClH/c1-12(13-7-5-4-6-8-13)19-15(2,3)11-18-14(20)16(17)9-10-16;;/h4-8,12,19H,9-11,17H2,1-3H3,(H,18,20);2*1H. The van der Waals surface area contributed by atoms with E-state index in [1.54, 1.807) is 0 Å². The molecule has 1 aliphatic carbocycles. The van der Waals surface area contributed by atoms with Gasteiger partial charge in [-0.3, -0.25) is 4.79 Å². The minimum atomic E-state index is -0.596. The third-order valence-corrected chi connectivity index (χ3v) is 3.84. The summed E-state index contributed by atoms with van der Waals surface area (Å²) >= 11 is 0. The fraction of sp³-hybridized carbons (Fsp3) is 0.562. The third kappa shape index (κ3) is 5.76. The van der Waals surface area contributed by atoms with Gasteiger partial charge in [-0.05, 0) is 39.2 Å². The van der Waals surface area contributed by atoms with Crippen molar-refractivity contribution in [3.63, 3.8) is 0 Å². The number of nitrogens with two attached hydrogens (primary N) is 1. The quantitative estimate of drug-likeness (QED) is 0.740. The smallest absolute Gasteiger partial charge is 0.240 e. The van der Waals surface area contributed by atoms with Crippen molar-refractivity contribution in [3.05, 3.63) is 35.9 Å². The monoisotopic (exact) mass is 347 g/mol. The van der Waals surface area contributed by atoms with E-state index in [-0.39, 0.29) is 42.3 Å². The van der Waals surface area contributed by atoms with Crippen LogP contribution in [0.1, 0.15) is 45.2 Å². The molecule has 1 amide bonds. The summed E-state index contributed by atoms with van der Waals surface area (Å²) in [5.74, 6) is -0.0280. The largest absolute Gasteiger partial charge is 0.353 e. The van der Waals surface area contributed by atoms with Crippen molar-refractivity contribution in [2.24, 2.45) is 5.73 Å². The third-order valence-electron chi connectivity index (χ3n) is 3.84. The summed E-state index contributed by atoms with van der Waals surface area (Å²) in [6, 6.07) is 10.5. The normalized spacial score (nSPS) is 16.7. The van der Waals surface area contributed by atoms with E-state index in [0.29, 0.717) is 6.54 Å². The van der Waals surface area contributed by atoms with Gasteiger partial charge >= 0.3 is 0 Å². The van der Waals surface area contributed by atoms with Gasteiger partial charge in [0.25, 0.3) is 0 Å². The van der Waals surface area contributed by atoms with E-state index in [1.165, 1.54) is 5.56 Å². The van der Waals surface area contributed by atoms with Crippen LogP contribution in [0.4, 0.5) is 0 Å². The Morgan fingerprint density at radius 2 is 1.82 bits per heavy atom. The molecule has 1 unspecified atom stereocenters. The number of hydrogen-bond acceptors (Lipinski definition) is 3. The first-order valence-corrected chi connectivity index (χ1v) is 7.22. The van der Waals surface area contributed by atoms with E-state index in [9.17, 15) is 4.79 Å². The van der Waals surface area contributed by atoms with Gasteiger partial charge in [0.05, 0.1) is 5.54 Å². The zero-order chi connectivity index (χ0) is 14.8. The Morgan fingerprint density at radius 1 is 1.27 bits per heavy atom. The Bertz CT molecular complexity index is 476. The van der Waals surface area contributed by atoms with E-state index in [0.717, 1.165) is 12.8 Å². The van der Waals surface area contributed by atoms with Gasteiger partial charge in [0, 0.05) is 18.1 Å². The number of benzene rings is 1. The summed E-state index contributed by atoms with van der Waals surface area (Å²) in [7, 11) is 0. The molecule has 22 heavy (non-hydrogen) atoms. The highest BCUT2D eigenvalue weighted by atomic mass is 35.5. The molecule has 126 valence electrons. The second-order valence-corrected chi connectivity index (χ2v) is 6.50. The molecule has 0 heterocycles. The van der Waals surface area contributed by atoms with Crippen LogP contribution in [-0.4, -0.2) is 23.5 Å². The molecule has 0 radical (unpaired) electrons. The zero-order valence-electron chi connectivity index (χ0n) is 13.4. The van der Waals surface area contributed by atoms with Crippen molar-refractivity contribution < 1.29 is 4.79 Å². The molecule has 1 aromatic carbocycles. The molecule has 0 bridgehead atoms. The van der Waals surface area contributed by atoms with Gasteiger partial charge < -0.3 is 16.4 Å². The molecule has 6 heteroatoms. The maximum Gasteiger partial charge on any atom is 0.240 e. The molecule has 1 saturated carbocycles. The van der Waals surface area contributed by atoms with Crippen LogP contribution in [0.25, 0.3) is 0 Å². The lowest BCUT2D eigenvalue weighted by Crippen LogP contribution is -2.53. The molecule has 1 atom stereocenters. The van der Waals surface area contributed by atoms with Crippen molar-refractivity contribution in [2.75, 3.05) is 6.54 Å². The highest BCUT2D eigenvalue weighted by Gasteiger charge is 2.46. The summed E-state index contributed by atoms with van der Waals surface area (Å²) in [6.07, 6.45) is 1.60. The van der Waals surface area contributed by atoms with Crippen LogP contribution in [0.2, 0.25) is 0 Å². The summed E-state index contributed by atoms with van der Waals surface area (Å²) in [5.41, 5.74) is 6.34. The predicted octanol–water partition coefficient (Wildman–Crippen LogP) is 2.57. The number of halogens is 2. The molecule has 0 aliphatic heterocycles. The van der Waals surface area contributed by atoms with Crippen LogP contribution >= 0.6 is 24.8 Å². The first kappa shape index (κ1) is 21.2. The van der Waals surface area contributed by atoms with Gasteiger partial charge in [0.15, 0.2) is 0 Å². The molecular weight excluding hydrogens is 321 g/mol. The van der Waals surface area contributed by atoms with Gasteiger partial charge in [-0.25, -0.2) is 0 Å². The number of hydrogen-bond donors (Lipinski definition) is 3.